The van der Waals surface area contributed by atoms with Gasteiger partial charge in [-0.05, 0) is 48.4 Å². The molecule has 0 aromatic heterocycles. The molecule has 2 fully saturated rings. The third-order valence-electron chi connectivity index (χ3n) is 7.86. The number of anilines is 1. The zero-order valence-electron chi connectivity index (χ0n) is 18.9. The lowest BCUT2D eigenvalue weighted by Gasteiger charge is -2.49. The molecule has 1 saturated heterocycles. The molecule has 1 heterocycles. The van der Waals surface area contributed by atoms with Crippen LogP contribution in [-0.2, 0) is 20.8 Å². The number of likely N-dealkylation sites (tertiary alicyclic amines) is 1. The Morgan fingerprint density at radius 2 is 1.81 bits per heavy atom. The van der Waals surface area contributed by atoms with E-state index in [1.54, 1.807) is 18.2 Å². The van der Waals surface area contributed by atoms with Crippen LogP contribution in [0.3, 0.4) is 0 Å². The molecular weight excluding hydrogens is 424 g/mol. The average Bonchev–Trinajstić information content (AvgIpc) is 2.94. The van der Waals surface area contributed by atoms with Gasteiger partial charge in [-0.1, -0.05) is 68.8 Å². The number of benzene rings is 2. The van der Waals surface area contributed by atoms with Crippen molar-refractivity contribution >= 4 is 35.0 Å². The number of hydrogen-bond acceptors (Lipinski definition) is 3. The van der Waals surface area contributed by atoms with E-state index in [2.05, 4.69) is 5.32 Å². The van der Waals surface area contributed by atoms with Crippen molar-refractivity contribution in [2.24, 2.45) is 16.7 Å². The van der Waals surface area contributed by atoms with Crippen molar-refractivity contribution in [3.05, 3.63) is 64.7 Å². The summed E-state index contributed by atoms with van der Waals surface area (Å²) in [6.45, 7) is 7.76. The summed E-state index contributed by atoms with van der Waals surface area (Å²) in [5.41, 5.74) is 1.10. The molecule has 5 nitrogen and oxygen atoms in total. The highest BCUT2D eigenvalue weighted by Crippen LogP contribution is 2.60. The zero-order chi connectivity index (χ0) is 23.3. The van der Waals surface area contributed by atoms with Crippen molar-refractivity contribution in [3.8, 4) is 0 Å². The molecule has 2 bridgehead atoms. The number of rotatable bonds is 5. The molecule has 2 aliphatic rings. The number of fused-ring (bicyclic) bond motifs is 2. The van der Waals surface area contributed by atoms with Gasteiger partial charge in [0.05, 0.1) is 5.41 Å². The maximum Gasteiger partial charge on any atom is 0.248 e. The van der Waals surface area contributed by atoms with E-state index in [0.29, 0.717) is 23.6 Å². The zero-order valence-corrected chi connectivity index (χ0v) is 19.7. The highest BCUT2D eigenvalue weighted by molar-refractivity contribution is 6.31. The largest absolute Gasteiger partial charge is 0.324 e. The molecular formula is C26H29ClN2O3. The van der Waals surface area contributed by atoms with Gasteiger partial charge in [0.25, 0.3) is 0 Å². The Morgan fingerprint density at radius 3 is 2.50 bits per heavy atom. The van der Waals surface area contributed by atoms with Crippen molar-refractivity contribution in [2.75, 3.05) is 5.32 Å². The number of carbonyl (C=O) groups is 3. The van der Waals surface area contributed by atoms with Crippen LogP contribution < -0.4 is 5.32 Å². The van der Waals surface area contributed by atoms with Crippen molar-refractivity contribution in [3.63, 3.8) is 0 Å². The van der Waals surface area contributed by atoms with Gasteiger partial charge in [0.1, 0.15) is 6.04 Å². The Kier molecular flexibility index (Phi) is 5.66. The lowest BCUT2D eigenvalue weighted by Crippen LogP contribution is -2.64. The first-order valence-corrected chi connectivity index (χ1v) is 11.4. The fourth-order valence-corrected chi connectivity index (χ4v) is 5.42. The second-order valence-corrected chi connectivity index (χ2v) is 10.2. The van der Waals surface area contributed by atoms with Crippen LogP contribution in [0, 0.1) is 23.7 Å². The summed E-state index contributed by atoms with van der Waals surface area (Å²) in [5.74, 6) is -1.15. The Hall–Kier alpha value is -2.66. The van der Waals surface area contributed by atoms with Crippen molar-refractivity contribution in [1.29, 1.82) is 0 Å². The normalized spacial score (nSPS) is 25.0. The van der Waals surface area contributed by atoms with Crippen molar-refractivity contribution < 1.29 is 14.4 Å². The second kappa shape index (κ2) is 8.04. The molecule has 3 atom stereocenters. The summed E-state index contributed by atoms with van der Waals surface area (Å²) < 4.78 is 0. The van der Waals surface area contributed by atoms with Gasteiger partial charge in [0.2, 0.25) is 17.7 Å². The number of piperidine rings is 1. The topological polar surface area (TPSA) is 66.5 Å². The van der Waals surface area contributed by atoms with E-state index in [0.717, 1.165) is 11.1 Å². The molecule has 3 amide bonds. The molecule has 6 heteroatoms. The fraction of sp³-hybridized carbons (Fsp3) is 0.423. The number of halogens is 1. The Labute approximate surface area is 194 Å². The molecule has 168 valence electrons. The minimum Gasteiger partial charge on any atom is -0.324 e. The molecule has 1 N–H and O–H groups in total. The van der Waals surface area contributed by atoms with Crippen LogP contribution >= 0.6 is 11.6 Å². The minimum absolute atomic E-state index is 0.242. The molecule has 0 spiro atoms. The molecule has 1 saturated carbocycles. The van der Waals surface area contributed by atoms with E-state index >= 15 is 0 Å². The van der Waals surface area contributed by atoms with E-state index in [1.807, 2.05) is 58.0 Å². The summed E-state index contributed by atoms with van der Waals surface area (Å²) in [6, 6.07) is 13.8. The van der Waals surface area contributed by atoms with E-state index in [4.69, 9.17) is 11.6 Å². The summed E-state index contributed by atoms with van der Waals surface area (Å²) in [6.07, 6.45) is 1.57. The highest BCUT2D eigenvalue weighted by atomic mass is 35.5. The predicted octanol–water partition coefficient (Wildman–Crippen LogP) is 5.01. The van der Waals surface area contributed by atoms with Gasteiger partial charge in [-0.3, -0.25) is 19.3 Å². The van der Waals surface area contributed by atoms with E-state index in [1.165, 1.54) is 4.90 Å². The Morgan fingerprint density at radius 1 is 1.12 bits per heavy atom. The van der Waals surface area contributed by atoms with E-state index < -0.39 is 16.9 Å². The summed E-state index contributed by atoms with van der Waals surface area (Å²) in [5, 5.41) is 3.47. The average molecular weight is 453 g/mol. The Bertz CT molecular complexity index is 1080. The lowest BCUT2D eigenvalue weighted by atomic mass is 9.62. The fourth-order valence-electron chi connectivity index (χ4n) is 5.24. The van der Waals surface area contributed by atoms with Crippen LogP contribution in [0.1, 0.15) is 44.7 Å². The maximum absolute atomic E-state index is 13.7. The predicted molar refractivity (Wildman–Crippen MR) is 125 cm³/mol. The molecule has 1 aliphatic carbocycles. The van der Waals surface area contributed by atoms with Gasteiger partial charge >= 0.3 is 0 Å². The number of amides is 3. The van der Waals surface area contributed by atoms with Crippen LogP contribution in [0.25, 0.3) is 0 Å². The summed E-state index contributed by atoms with van der Waals surface area (Å²) >= 11 is 6.23. The van der Waals surface area contributed by atoms with Crippen LogP contribution in [-0.4, -0.2) is 28.7 Å². The maximum atomic E-state index is 13.7. The van der Waals surface area contributed by atoms with Crippen molar-refractivity contribution in [1.82, 2.24) is 4.90 Å². The Balaban J connectivity index is 1.73. The smallest absolute Gasteiger partial charge is 0.248 e. The molecule has 3 unspecified atom stereocenters. The standard InChI is InChI=1S/C26H29ClN2O3/c1-16-19(27)11-8-12-20(16)28-22(30)21(15-17-9-6-5-7-10-17)29-23(31)18-13-14-26(4,24(29)32)25(18,2)3/h5-12,18,21H,13-15H2,1-4H3,(H,28,30). The van der Waals surface area contributed by atoms with E-state index in [9.17, 15) is 14.4 Å². The van der Waals surface area contributed by atoms with Crippen LogP contribution in [0.2, 0.25) is 5.02 Å². The summed E-state index contributed by atoms with van der Waals surface area (Å²) in [7, 11) is 0. The third-order valence-corrected chi connectivity index (χ3v) is 8.27. The van der Waals surface area contributed by atoms with Crippen LogP contribution in [0.15, 0.2) is 48.5 Å². The highest BCUT2D eigenvalue weighted by Gasteiger charge is 2.65. The number of nitrogens with zero attached hydrogens (tertiary/aromatic N) is 1. The third kappa shape index (κ3) is 3.43. The number of nitrogens with one attached hydrogen (secondary N) is 1. The monoisotopic (exact) mass is 452 g/mol. The molecule has 2 aromatic carbocycles. The molecule has 0 radical (unpaired) electrons. The summed E-state index contributed by atoms with van der Waals surface area (Å²) in [4.78, 5) is 42.1. The van der Waals surface area contributed by atoms with Gasteiger partial charge in [-0.2, -0.15) is 0 Å². The van der Waals surface area contributed by atoms with Gasteiger partial charge in [0, 0.05) is 23.0 Å². The SMILES string of the molecule is Cc1c(Cl)cccc1NC(=O)C(Cc1ccccc1)N1C(=O)C2CCC(C)(C1=O)C2(C)C. The number of carbonyl (C=O) groups excluding carboxylic acids is 3. The van der Waals surface area contributed by atoms with Crippen LogP contribution in [0.4, 0.5) is 5.69 Å². The first kappa shape index (κ1) is 22.5. The second-order valence-electron chi connectivity index (χ2n) is 9.77. The van der Waals surface area contributed by atoms with Gasteiger partial charge in [-0.25, -0.2) is 0 Å². The minimum atomic E-state index is -0.938. The van der Waals surface area contributed by atoms with Crippen LogP contribution in [0.5, 0.6) is 0 Å². The van der Waals surface area contributed by atoms with Gasteiger partial charge in [0.15, 0.2) is 0 Å². The lowest BCUT2D eigenvalue weighted by molar-refractivity contribution is -0.172. The number of hydrogen-bond donors (Lipinski definition) is 1. The molecule has 32 heavy (non-hydrogen) atoms. The molecule has 4 rings (SSSR count). The molecule has 1 aliphatic heterocycles. The van der Waals surface area contributed by atoms with E-state index in [-0.39, 0.29) is 30.1 Å². The quantitative estimate of drug-likeness (QED) is 0.648. The first-order chi connectivity index (χ1) is 15.1. The molecule has 2 aromatic rings. The first-order valence-electron chi connectivity index (χ1n) is 11.1. The van der Waals surface area contributed by atoms with Gasteiger partial charge in [-0.15, -0.1) is 0 Å². The van der Waals surface area contributed by atoms with Crippen molar-refractivity contribution in [2.45, 2.75) is 53.0 Å². The van der Waals surface area contributed by atoms with Gasteiger partial charge < -0.3 is 5.32 Å². The number of imide groups is 1.